The molecule has 1 heterocycles. The lowest BCUT2D eigenvalue weighted by molar-refractivity contribution is -0.115. The molecule has 0 radical (unpaired) electrons. The average Bonchev–Trinajstić information content (AvgIpc) is 3.23. The van der Waals surface area contributed by atoms with Crippen LogP contribution in [0.15, 0.2) is 53.4 Å². The molecule has 1 fully saturated rings. The lowest BCUT2D eigenvalue weighted by Gasteiger charge is -2.16. The summed E-state index contributed by atoms with van der Waals surface area (Å²) in [6.45, 7) is 5.11. The molecule has 2 aromatic carbocycles. The van der Waals surface area contributed by atoms with Crippen molar-refractivity contribution in [3.63, 3.8) is 0 Å². The molecule has 1 aliphatic heterocycles. The quantitative estimate of drug-likeness (QED) is 0.737. The Kier molecular flexibility index (Phi) is 6.80. The van der Waals surface area contributed by atoms with Crippen molar-refractivity contribution < 1.29 is 13.2 Å². The molecular weight excluding hydrogens is 392 g/mol. The SMILES string of the molecule is Cc1ccccc1CS[C@@H](C)C(=O)Nc1ccc(S(=O)(=O)N2CCCC2)cc1. The number of carbonyl (C=O) groups excluding carboxylic acids is 1. The summed E-state index contributed by atoms with van der Waals surface area (Å²) in [7, 11) is -3.43. The van der Waals surface area contributed by atoms with E-state index in [0.717, 1.165) is 18.6 Å². The summed E-state index contributed by atoms with van der Waals surface area (Å²) >= 11 is 1.58. The molecule has 1 amide bonds. The van der Waals surface area contributed by atoms with E-state index in [1.807, 2.05) is 19.1 Å². The number of nitrogens with one attached hydrogen (secondary N) is 1. The van der Waals surface area contributed by atoms with Crippen LogP contribution in [0.5, 0.6) is 0 Å². The number of carbonyl (C=O) groups is 1. The Morgan fingerprint density at radius 1 is 1.11 bits per heavy atom. The van der Waals surface area contributed by atoms with E-state index in [1.165, 1.54) is 15.4 Å². The summed E-state index contributed by atoms with van der Waals surface area (Å²) in [5.41, 5.74) is 3.05. The third kappa shape index (κ3) is 4.96. The normalized spacial score (nSPS) is 16.1. The average molecular weight is 419 g/mol. The van der Waals surface area contributed by atoms with E-state index in [1.54, 1.807) is 36.0 Å². The molecule has 0 saturated carbocycles. The van der Waals surface area contributed by atoms with Crippen LogP contribution in [0.25, 0.3) is 0 Å². The third-order valence-electron chi connectivity index (χ3n) is 4.94. The predicted octanol–water partition coefficient (Wildman–Crippen LogP) is 4.04. The second-order valence-electron chi connectivity index (χ2n) is 7.00. The van der Waals surface area contributed by atoms with Gasteiger partial charge >= 0.3 is 0 Å². The van der Waals surface area contributed by atoms with E-state index < -0.39 is 10.0 Å². The number of amides is 1. The van der Waals surface area contributed by atoms with E-state index in [4.69, 9.17) is 0 Å². The Morgan fingerprint density at radius 3 is 2.39 bits per heavy atom. The highest BCUT2D eigenvalue weighted by molar-refractivity contribution is 7.99. The molecule has 0 aromatic heterocycles. The first-order valence-electron chi connectivity index (χ1n) is 9.45. The third-order valence-corrected chi connectivity index (χ3v) is 8.05. The van der Waals surface area contributed by atoms with Crippen LogP contribution in [-0.4, -0.2) is 37.0 Å². The summed E-state index contributed by atoms with van der Waals surface area (Å²) in [5, 5.41) is 2.66. The van der Waals surface area contributed by atoms with Gasteiger partial charge < -0.3 is 5.32 Å². The van der Waals surface area contributed by atoms with Crippen molar-refractivity contribution in [3.05, 3.63) is 59.7 Å². The Hall–Kier alpha value is -1.83. The molecule has 2 aromatic rings. The Labute approximate surface area is 171 Å². The van der Waals surface area contributed by atoms with Gasteiger partial charge in [0.2, 0.25) is 15.9 Å². The van der Waals surface area contributed by atoms with Gasteiger partial charge in [-0.2, -0.15) is 4.31 Å². The second kappa shape index (κ2) is 9.11. The van der Waals surface area contributed by atoms with Gasteiger partial charge in [-0.15, -0.1) is 11.8 Å². The van der Waals surface area contributed by atoms with Gasteiger partial charge in [0.1, 0.15) is 0 Å². The van der Waals surface area contributed by atoms with Gasteiger partial charge in [-0.05, 0) is 62.1 Å². The molecule has 5 nitrogen and oxygen atoms in total. The summed E-state index contributed by atoms with van der Waals surface area (Å²) in [5.74, 6) is 0.683. The van der Waals surface area contributed by atoms with Crippen LogP contribution in [0.3, 0.4) is 0 Å². The predicted molar refractivity (Wildman–Crippen MR) is 115 cm³/mol. The van der Waals surface area contributed by atoms with Gasteiger partial charge in [0.25, 0.3) is 0 Å². The van der Waals surface area contributed by atoms with Gasteiger partial charge in [0, 0.05) is 24.5 Å². The smallest absolute Gasteiger partial charge is 0.243 e. The fourth-order valence-corrected chi connectivity index (χ4v) is 5.58. The first kappa shape index (κ1) is 20.9. The van der Waals surface area contributed by atoms with Crippen molar-refractivity contribution in [1.82, 2.24) is 4.31 Å². The fourth-order valence-electron chi connectivity index (χ4n) is 3.09. The molecule has 1 atom stereocenters. The molecular formula is C21H26N2O3S2. The highest BCUT2D eigenvalue weighted by Crippen LogP contribution is 2.24. The van der Waals surface area contributed by atoms with Crippen molar-refractivity contribution in [2.24, 2.45) is 0 Å². The molecule has 1 saturated heterocycles. The molecule has 150 valence electrons. The van der Waals surface area contributed by atoms with Gasteiger partial charge in [-0.25, -0.2) is 8.42 Å². The molecule has 0 unspecified atom stereocenters. The molecule has 0 spiro atoms. The van der Waals surface area contributed by atoms with Crippen molar-refractivity contribution >= 4 is 33.4 Å². The Bertz CT molecular complexity index is 921. The maximum Gasteiger partial charge on any atom is 0.243 e. The number of hydrogen-bond acceptors (Lipinski definition) is 4. The Morgan fingerprint density at radius 2 is 1.75 bits per heavy atom. The van der Waals surface area contributed by atoms with Crippen LogP contribution in [-0.2, 0) is 20.6 Å². The van der Waals surface area contributed by atoms with Crippen molar-refractivity contribution in [1.29, 1.82) is 0 Å². The van der Waals surface area contributed by atoms with Gasteiger partial charge in [-0.1, -0.05) is 24.3 Å². The fraction of sp³-hybridized carbons (Fsp3) is 0.381. The van der Waals surface area contributed by atoms with E-state index in [2.05, 4.69) is 24.4 Å². The van der Waals surface area contributed by atoms with Crippen LogP contribution < -0.4 is 5.32 Å². The monoisotopic (exact) mass is 418 g/mol. The summed E-state index contributed by atoms with van der Waals surface area (Å²) in [6, 6.07) is 14.6. The summed E-state index contributed by atoms with van der Waals surface area (Å²) in [6.07, 6.45) is 1.82. The van der Waals surface area contributed by atoms with Crippen LogP contribution in [0.4, 0.5) is 5.69 Å². The molecule has 0 bridgehead atoms. The number of rotatable bonds is 7. The topological polar surface area (TPSA) is 66.5 Å². The first-order valence-corrected chi connectivity index (χ1v) is 11.9. The van der Waals surface area contributed by atoms with E-state index in [0.29, 0.717) is 18.8 Å². The summed E-state index contributed by atoms with van der Waals surface area (Å²) < 4.78 is 26.6. The molecule has 1 N–H and O–H groups in total. The van der Waals surface area contributed by atoms with Crippen LogP contribution >= 0.6 is 11.8 Å². The summed E-state index contributed by atoms with van der Waals surface area (Å²) in [4.78, 5) is 12.7. The van der Waals surface area contributed by atoms with Gasteiger partial charge in [0.15, 0.2) is 0 Å². The molecule has 0 aliphatic carbocycles. The zero-order valence-electron chi connectivity index (χ0n) is 16.2. The minimum atomic E-state index is -3.43. The van der Waals surface area contributed by atoms with E-state index in [-0.39, 0.29) is 16.1 Å². The molecule has 7 heteroatoms. The second-order valence-corrected chi connectivity index (χ2v) is 10.3. The molecule has 28 heavy (non-hydrogen) atoms. The van der Waals surface area contributed by atoms with E-state index in [9.17, 15) is 13.2 Å². The first-order chi connectivity index (χ1) is 13.4. The minimum absolute atomic E-state index is 0.0891. The zero-order chi connectivity index (χ0) is 20.1. The Balaban J connectivity index is 1.57. The van der Waals surface area contributed by atoms with Gasteiger partial charge in [-0.3, -0.25) is 4.79 Å². The number of thioether (sulfide) groups is 1. The largest absolute Gasteiger partial charge is 0.325 e. The molecule has 3 rings (SSSR count). The van der Waals surface area contributed by atoms with Crippen LogP contribution in [0.1, 0.15) is 30.9 Å². The van der Waals surface area contributed by atoms with Crippen molar-refractivity contribution in [3.8, 4) is 0 Å². The van der Waals surface area contributed by atoms with Crippen molar-refractivity contribution in [2.75, 3.05) is 18.4 Å². The van der Waals surface area contributed by atoms with E-state index >= 15 is 0 Å². The van der Waals surface area contributed by atoms with Crippen LogP contribution in [0, 0.1) is 6.92 Å². The number of hydrogen-bond donors (Lipinski definition) is 1. The lowest BCUT2D eigenvalue weighted by atomic mass is 10.1. The number of aryl methyl sites for hydroxylation is 1. The number of sulfonamides is 1. The van der Waals surface area contributed by atoms with Gasteiger partial charge in [0.05, 0.1) is 10.1 Å². The lowest BCUT2D eigenvalue weighted by Crippen LogP contribution is -2.27. The number of nitrogens with zero attached hydrogens (tertiary/aromatic N) is 1. The minimum Gasteiger partial charge on any atom is -0.325 e. The standard InChI is InChI=1S/C21H26N2O3S2/c1-16-7-3-4-8-18(16)15-27-17(2)21(24)22-19-9-11-20(12-10-19)28(25,26)23-13-5-6-14-23/h3-4,7-12,17H,5-6,13-15H2,1-2H3,(H,22,24)/t17-/m0/s1. The highest BCUT2D eigenvalue weighted by atomic mass is 32.2. The van der Waals surface area contributed by atoms with Crippen LogP contribution in [0.2, 0.25) is 0 Å². The maximum absolute atomic E-state index is 12.6. The molecule has 1 aliphatic rings. The maximum atomic E-state index is 12.6. The number of benzene rings is 2. The number of anilines is 1. The highest BCUT2D eigenvalue weighted by Gasteiger charge is 2.27. The zero-order valence-corrected chi connectivity index (χ0v) is 17.9. The van der Waals surface area contributed by atoms with Crippen molar-refractivity contribution in [2.45, 2.75) is 42.6 Å².